The topological polar surface area (TPSA) is 41.9 Å². The van der Waals surface area contributed by atoms with Gasteiger partial charge in [-0.05, 0) is 35.1 Å². The Morgan fingerprint density at radius 1 is 0.857 bits per heavy atom. The number of anilines is 2. The quantitative estimate of drug-likeness (QED) is 0.708. The lowest BCUT2D eigenvalue weighted by molar-refractivity contribution is -0.194. The SMILES string of the molecule is CC(C)c1cccc(C(C)C)c1N1B([O-])N(c2ccccc2)N=C1C(C)(C)C. The standard InChI is InChI=1S/C23H31BN3O/c1-16(2)19-14-11-15-20(17(3)4)21(19)26-22(23(5,6)7)25-27(24(26)28)18-12-9-8-10-13-18/h8-17H,1-7H3/q-1. The van der Waals surface area contributed by atoms with Gasteiger partial charge in [-0.15, -0.1) is 0 Å². The van der Waals surface area contributed by atoms with Crippen molar-refractivity contribution in [1.82, 2.24) is 0 Å². The van der Waals surface area contributed by atoms with E-state index >= 15 is 0 Å². The van der Waals surface area contributed by atoms with Crippen LogP contribution in [0, 0.1) is 5.41 Å². The summed E-state index contributed by atoms with van der Waals surface area (Å²) in [7, 11) is -1.13. The van der Waals surface area contributed by atoms with Crippen molar-refractivity contribution >= 4 is 24.4 Å². The monoisotopic (exact) mass is 376 g/mol. The maximum absolute atomic E-state index is 13.7. The van der Waals surface area contributed by atoms with Crippen molar-refractivity contribution in [3.63, 3.8) is 0 Å². The molecule has 1 aliphatic heterocycles. The molecule has 28 heavy (non-hydrogen) atoms. The predicted molar refractivity (Wildman–Crippen MR) is 119 cm³/mol. The summed E-state index contributed by atoms with van der Waals surface area (Å²) in [6, 6.07) is 16.1. The first-order valence-electron chi connectivity index (χ1n) is 10.1. The van der Waals surface area contributed by atoms with Crippen molar-refractivity contribution in [2.45, 2.75) is 60.3 Å². The van der Waals surface area contributed by atoms with Crippen molar-refractivity contribution in [1.29, 1.82) is 0 Å². The second-order valence-electron chi connectivity index (χ2n) is 9.14. The van der Waals surface area contributed by atoms with E-state index in [0.717, 1.165) is 17.2 Å². The Morgan fingerprint density at radius 2 is 1.39 bits per heavy atom. The van der Waals surface area contributed by atoms with Crippen LogP contribution in [0.5, 0.6) is 0 Å². The van der Waals surface area contributed by atoms with Gasteiger partial charge in [-0.25, -0.2) is 0 Å². The molecule has 0 saturated heterocycles. The minimum atomic E-state index is -1.13. The van der Waals surface area contributed by atoms with E-state index in [9.17, 15) is 5.02 Å². The van der Waals surface area contributed by atoms with Crippen LogP contribution in [0.3, 0.4) is 0 Å². The second-order valence-corrected chi connectivity index (χ2v) is 9.14. The molecule has 0 unspecified atom stereocenters. The molecule has 0 aromatic heterocycles. The number of rotatable bonds is 4. The van der Waals surface area contributed by atoms with Gasteiger partial charge in [0.05, 0.1) is 0 Å². The van der Waals surface area contributed by atoms with Crippen LogP contribution < -0.4 is 14.8 Å². The summed E-state index contributed by atoms with van der Waals surface area (Å²) in [6.45, 7) is 15.1. The molecule has 0 saturated carbocycles. The highest BCUT2D eigenvalue weighted by molar-refractivity contribution is 6.66. The minimum Gasteiger partial charge on any atom is -0.842 e. The van der Waals surface area contributed by atoms with Crippen molar-refractivity contribution in [2.75, 3.05) is 9.73 Å². The molecular formula is C23H31BN3O-. The van der Waals surface area contributed by atoms with Crippen LogP contribution in [0.4, 0.5) is 11.4 Å². The highest BCUT2D eigenvalue weighted by Gasteiger charge is 2.39. The molecule has 5 heteroatoms. The molecule has 3 rings (SSSR count). The van der Waals surface area contributed by atoms with Crippen molar-refractivity contribution in [3.8, 4) is 0 Å². The van der Waals surface area contributed by atoms with Crippen LogP contribution in [-0.2, 0) is 0 Å². The molecule has 2 aromatic carbocycles. The van der Waals surface area contributed by atoms with Gasteiger partial charge in [0.15, 0.2) is 0 Å². The third-order valence-electron chi connectivity index (χ3n) is 5.14. The minimum absolute atomic E-state index is 0.259. The predicted octanol–water partition coefficient (Wildman–Crippen LogP) is 4.96. The summed E-state index contributed by atoms with van der Waals surface area (Å²) >= 11 is 0. The average Bonchev–Trinajstić information content (AvgIpc) is 2.99. The summed E-state index contributed by atoms with van der Waals surface area (Å²) in [4.78, 5) is 3.54. The highest BCUT2D eigenvalue weighted by Crippen LogP contribution is 2.40. The number of hydrogen-bond acceptors (Lipinski definition) is 4. The Balaban J connectivity index is 2.22. The molecule has 0 bridgehead atoms. The third kappa shape index (κ3) is 3.68. The molecule has 148 valence electrons. The van der Waals surface area contributed by atoms with Crippen LogP contribution >= 0.6 is 0 Å². The van der Waals surface area contributed by atoms with Gasteiger partial charge < -0.3 is 14.8 Å². The van der Waals surface area contributed by atoms with Crippen LogP contribution in [-0.4, -0.2) is 13.0 Å². The van der Waals surface area contributed by atoms with Crippen LogP contribution in [0.1, 0.15) is 71.4 Å². The lowest BCUT2D eigenvalue weighted by atomic mass is 9.83. The van der Waals surface area contributed by atoms with Gasteiger partial charge in [0.2, 0.25) is 0 Å². The van der Waals surface area contributed by atoms with E-state index in [1.165, 1.54) is 11.1 Å². The highest BCUT2D eigenvalue weighted by atomic mass is 16.2. The van der Waals surface area contributed by atoms with Gasteiger partial charge in [-0.3, -0.25) is 0 Å². The molecule has 0 amide bonds. The number of benzene rings is 2. The van der Waals surface area contributed by atoms with Gasteiger partial charge in [0, 0.05) is 16.8 Å². The lowest BCUT2D eigenvalue weighted by Gasteiger charge is -2.39. The summed E-state index contributed by atoms with van der Waals surface area (Å²) in [5.41, 5.74) is 3.97. The molecule has 0 spiro atoms. The second kappa shape index (κ2) is 7.63. The maximum Gasteiger partial charge on any atom is 0.297 e. The summed E-state index contributed by atoms with van der Waals surface area (Å²) in [5.74, 6) is 1.44. The zero-order valence-electron chi connectivity index (χ0n) is 18.1. The Kier molecular flexibility index (Phi) is 5.58. The Morgan fingerprint density at radius 3 is 1.86 bits per heavy atom. The molecule has 1 aliphatic rings. The van der Waals surface area contributed by atoms with E-state index in [1.54, 1.807) is 4.92 Å². The first-order chi connectivity index (χ1) is 13.1. The molecule has 0 atom stereocenters. The van der Waals surface area contributed by atoms with Gasteiger partial charge in [0.25, 0.3) is 7.19 Å². The number of hydrogen-bond donors (Lipinski definition) is 0. The number of nitrogens with zero attached hydrogens (tertiary/aromatic N) is 3. The third-order valence-corrected chi connectivity index (χ3v) is 5.14. The van der Waals surface area contributed by atoms with Crippen LogP contribution in [0.15, 0.2) is 53.6 Å². The van der Waals surface area contributed by atoms with Crippen molar-refractivity contribution in [3.05, 3.63) is 59.7 Å². The summed E-state index contributed by atoms with van der Waals surface area (Å²) < 4.78 is 0. The molecule has 0 aliphatic carbocycles. The fraction of sp³-hybridized carbons (Fsp3) is 0.435. The van der Waals surface area contributed by atoms with Gasteiger partial charge in [-0.1, -0.05) is 84.9 Å². The first kappa shape index (κ1) is 20.5. The van der Waals surface area contributed by atoms with E-state index in [4.69, 9.17) is 5.10 Å². The number of hydrazone groups is 1. The van der Waals surface area contributed by atoms with E-state index < -0.39 is 7.19 Å². The summed E-state index contributed by atoms with van der Waals surface area (Å²) in [6.07, 6.45) is 0. The lowest BCUT2D eigenvalue weighted by Crippen LogP contribution is -2.59. The molecule has 0 N–H and O–H groups in total. The fourth-order valence-electron chi connectivity index (χ4n) is 3.70. The number of amidine groups is 1. The molecule has 0 radical (unpaired) electrons. The Labute approximate surface area is 170 Å². The zero-order chi connectivity index (χ0) is 20.6. The molecular weight excluding hydrogens is 345 g/mol. The normalized spacial score (nSPS) is 15.1. The number of para-hydroxylation sites is 2. The van der Waals surface area contributed by atoms with E-state index in [2.05, 4.69) is 66.7 Å². The van der Waals surface area contributed by atoms with E-state index in [0.29, 0.717) is 11.8 Å². The Hall–Kier alpha value is -2.27. The zero-order valence-corrected chi connectivity index (χ0v) is 18.1. The smallest absolute Gasteiger partial charge is 0.297 e. The summed E-state index contributed by atoms with van der Waals surface area (Å²) in [5, 5.41) is 18.6. The Bertz CT molecular complexity index is 830. The molecule has 4 nitrogen and oxygen atoms in total. The van der Waals surface area contributed by atoms with Gasteiger partial charge >= 0.3 is 0 Å². The van der Waals surface area contributed by atoms with Gasteiger partial charge in [0.1, 0.15) is 5.84 Å². The average molecular weight is 376 g/mol. The van der Waals surface area contributed by atoms with Crippen LogP contribution in [0.25, 0.3) is 0 Å². The van der Waals surface area contributed by atoms with E-state index in [1.807, 2.05) is 35.1 Å². The van der Waals surface area contributed by atoms with Crippen LogP contribution in [0.2, 0.25) is 0 Å². The molecule has 2 aromatic rings. The molecule has 1 heterocycles. The fourth-order valence-corrected chi connectivity index (χ4v) is 3.70. The van der Waals surface area contributed by atoms with Crippen molar-refractivity contribution < 1.29 is 5.02 Å². The first-order valence-corrected chi connectivity index (χ1v) is 10.1. The largest absolute Gasteiger partial charge is 0.842 e. The maximum atomic E-state index is 13.7. The van der Waals surface area contributed by atoms with E-state index in [-0.39, 0.29) is 5.41 Å². The molecule has 0 fully saturated rings. The van der Waals surface area contributed by atoms with Crippen molar-refractivity contribution in [2.24, 2.45) is 10.5 Å². The van der Waals surface area contributed by atoms with Gasteiger partial charge in [-0.2, -0.15) is 5.10 Å².